The summed E-state index contributed by atoms with van der Waals surface area (Å²) in [6, 6.07) is 0. The Morgan fingerprint density at radius 3 is 2.52 bits per heavy atom. The molecule has 0 aromatic rings. The van der Waals surface area contributed by atoms with Gasteiger partial charge in [-0.05, 0) is 49.0 Å². The second kappa shape index (κ2) is 7.82. The molecule has 0 fully saturated rings. The van der Waals surface area contributed by atoms with Gasteiger partial charge in [-0.15, -0.1) is 0 Å². The van der Waals surface area contributed by atoms with Crippen molar-refractivity contribution in [3.8, 4) is 0 Å². The molecule has 0 saturated heterocycles. The Morgan fingerprint density at radius 2 is 2.00 bits per heavy atom. The van der Waals surface area contributed by atoms with Crippen molar-refractivity contribution in [1.82, 2.24) is 0 Å². The normalized spacial score (nSPS) is 15.7. The minimum Gasteiger partial charge on any atom is -0.466 e. The van der Waals surface area contributed by atoms with E-state index in [1.54, 1.807) is 0 Å². The van der Waals surface area contributed by atoms with Crippen LogP contribution in [0.4, 0.5) is 0 Å². The van der Waals surface area contributed by atoms with Crippen molar-refractivity contribution < 1.29 is 9.53 Å². The van der Waals surface area contributed by atoms with Crippen molar-refractivity contribution in [2.24, 2.45) is 0 Å². The molecule has 1 aliphatic carbocycles. The maximum atomic E-state index is 11.8. The van der Waals surface area contributed by atoms with Gasteiger partial charge in [-0.1, -0.05) is 50.3 Å². The summed E-state index contributed by atoms with van der Waals surface area (Å²) in [6.45, 7) is 18.7. The fraction of sp³-hybridized carbons (Fsp3) is 0.421. The van der Waals surface area contributed by atoms with E-state index < -0.39 is 0 Å². The molecule has 0 amide bonds. The van der Waals surface area contributed by atoms with E-state index in [2.05, 4.69) is 32.7 Å². The quantitative estimate of drug-likeness (QED) is 0.638. The van der Waals surface area contributed by atoms with Gasteiger partial charge in [0.2, 0.25) is 0 Å². The van der Waals surface area contributed by atoms with Crippen molar-refractivity contribution in [3.05, 3.63) is 59.3 Å². The Bertz CT molecular complexity index is 530. The standard InChI is InChI=1S/C19H26O2/c1-7-9-16-10-14(5)11-17(12-18(20)21-8-2)19(13(3)4)15(16)6/h10H,3,5-9,11-12H2,1-2,4H3. The molecular formula is C19H26O2. The molecule has 0 atom stereocenters. The summed E-state index contributed by atoms with van der Waals surface area (Å²) in [7, 11) is 0. The second-order valence-electron chi connectivity index (χ2n) is 5.47. The monoisotopic (exact) mass is 286 g/mol. The highest BCUT2D eigenvalue weighted by Crippen LogP contribution is 2.36. The number of rotatable bonds is 6. The molecule has 114 valence electrons. The summed E-state index contributed by atoms with van der Waals surface area (Å²) >= 11 is 0. The summed E-state index contributed by atoms with van der Waals surface area (Å²) in [6.07, 6.45) is 5.07. The summed E-state index contributed by atoms with van der Waals surface area (Å²) in [5, 5.41) is 0. The Kier molecular flexibility index (Phi) is 6.41. The number of hydrogen-bond acceptors (Lipinski definition) is 2. The van der Waals surface area contributed by atoms with Crippen LogP contribution in [0.15, 0.2) is 59.3 Å². The highest BCUT2D eigenvalue weighted by molar-refractivity contribution is 5.75. The van der Waals surface area contributed by atoms with Gasteiger partial charge in [-0.3, -0.25) is 4.79 Å². The lowest BCUT2D eigenvalue weighted by atomic mass is 9.89. The number of carbonyl (C=O) groups excluding carboxylic acids is 1. The minimum atomic E-state index is -0.203. The zero-order chi connectivity index (χ0) is 16.0. The first-order valence-corrected chi connectivity index (χ1v) is 7.52. The van der Waals surface area contributed by atoms with E-state index in [1.165, 1.54) is 5.57 Å². The number of esters is 1. The van der Waals surface area contributed by atoms with E-state index in [0.29, 0.717) is 13.0 Å². The average Bonchev–Trinajstić information content (AvgIpc) is 2.47. The number of ether oxygens (including phenoxy) is 1. The molecule has 0 aromatic carbocycles. The van der Waals surface area contributed by atoms with Gasteiger partial charge in [0.05, 0.1) is 13.0 Å². The lowest BCUT2D eigenvalue weighted by Gasteiger charge is -2.16. The first-order chi connectivity index (χ1) is 9.90. The third kappa shape index (κ3) is 4.59. The summed E-state index contributed by atoms with van der Waals surface area (Å²) in [5.41, 5.74) is 6.15. The first kappa shape index (κ1) is 17.2. The van der Waals surface area contributed by atoms with E-state index in [-0.39, 0.29) is 12.4 Å². The molecule has 0 radical (unpaired) electrons. The molecule has 0 aromatic heterocycles. The summed E-state index contributed by atoms with van der Waals surface area (Å²) < 4.78 is 5.08. The highest BCUT2D eigenvalue weighted by atomic mass is 16.5. The van der Waals surface area contributed by atoms with Crippen LogP contribution in [0.2, 0.25) is 0 Å². The van der Waals surface area contributed by atoms with Crippen molar-refractivity contribution in [3.63, 3.8) is 0 Å². The van der Waals surface area contributed by atoms with Crippen LogP contribution in [-0.4, -0.2) is 12.6 Å². The molecule has 0 saturated carbocycles. The SMILES string of the molecule is C=C1C=C(CCC)C(=C)C(C(=C)C)=C(CC(=O)OCC)C1. The van der Waals surface area contributed by atoms with Gasteiger partial charge in [0, 0.05) is 0 Å². The van der Waals surface area contributed by atoms with E-state index in [0.717, 1.165) is 40.7 Å². The number of hydrogen-bond donors (Lipinski definition) is 0. The van der Waals surface area contributed by atoms with Crippen molar-refractivity contribution in [1.29, 1.82) is 0 Å². The molecule has 0 aliphatic heterocycles. The lowest BCUT2D eigenvalue weighted by Crippen LogP contribution is -2.08. The van der Waals surface area contributed by atoms with Crippen LogP contribution in [0.1, 0.15) is 46.5 Å². The van der Waals surface area contributed by atoms with Crippen LogP contribution < -0.4 is 0 Å². The maximum absolute atomic E-state index is 11.8. The third-order valence-electron chi connectivity index (χ3n) is 3.47. The van der Waals surface area contributed by atoms with Crippen molar-refractivity contribution >= 4 is 5.97 Å². The van der Waals surface area contributed by atoms with Gasteiger partial charge >= 0.3 is 5.97 Å². The van der Waals surface area contributed by atoms with Gasteiger partial charge < -0.3 is 4.74 Å². The van der Waals surface area contributed by atoms with Gasteiger partial charge in [0.15, 0.2) is 0 Å². The summed E-state index contributed by atoms with van der Waals surface area (Å²) in [4.78, 5) is 11.8. The van der Waals surface area contributed by atoms with Gasteiger partial charge in [0.1, 0.15) is 0 Å². The molecule has 0 heterocycles. The second-order valence-corrected chi connectivity index (χ2v) is 5.47. The first-order valence-electron chi connectivity index (χ1n) is 7.52. The van der Waals surface area contributed by atoms with Crippen molar-refractivity contribution in [2.75, 3.05) is 6.61 Å². The Labute approximate surface area is 128 Å². The van der Waals surface area contributed by atoms with Gasteiger partial charge in [0.25, 0.3) is 0 Å². The van der Waals surface area contributed by atoms with E-state index in [4.69, 9.17) is 4.74 Å². The van der Waals surface area contributed by atoms with Crippen LogP contribution in [0, 0.1) is 0 Å². The molecule has 2 heteroatoms. The van der Waals surface area contributed by atoms with Crippen LogP contribution in [-0.2, 0) is 9.53 Å². The zero-order valence-electron chi connectivity index (χ0n) is 13.6. The Morgan fingerprint density at radius 1 is 1.33 bits per heavy atom. The zero-order valence-corrected chi connectivity index (χ0v) is 13.6. The number of carbonyl (C=O) groups is 1. The van der Waals surface area contributed by atoms with E-state index in [1.807, 2.05) is 13.8 Å². The van der Waals surface area contributed by atoms with Crippen LogP contribution >= 0.6 is 0 Å². The van der Waals surface area contributed by atoms with E-state index in [9.17, 15) is 4.79 Å². The predicted octanol–water partition coefficient (Wildman–Crippen LogP) is 5.05. The van der Waals surface area contributed by atoms with Crippen LogP contribution in [0.25, 0.3) is 0 Å². The van der Waals surface area contributed by atoms with Crippen LogP contribution in [0.5, 0.6) is 0 Å². The molecule has 0 unspecified atom stereocenters. The lowest BCUT2D eigenvalue weighted by molar-refractivity contribution is -0.142. The van der Waals surface area contributed by atoms with E-state index >= 15 is 0 Å². The highest BCUT2D eigenvalue weighted by Gasteiger charge is 2.20. The van der Waals surface area contributed by atoms with Crippen molar-refractivity contribution in [2.45, 2.75) is 46.5 Å². The molecular weight excluding hydrogens is 260 g/mol. The average molecular weight is 286 g/mol. The Hall–Kier alpha value is -1.83. The molecule has 1 rings (SSSR count). The molecule has 0 bridgehead atoms. The van der Waals surface area contributed by atoms with Gasteiger partial charge in [-0.25, -0.2) is 0 Å². The topological polar surface area (TPSA) is 26.3 Å². The minimum absolute atomic E-state index is 0.203. The molecule has 0 N–H and O–H groups in total. The molecule has 0 spiro atoms. The summed E-state index contributed by atoms with van der Waals surface area (Å²) in [5.74, 6) is -0.203. The maximum Gasteiger partial charge on any atom is 0.309 e. The molecule has 1 aliphatic rings. The third-order valence-corrected chi connectivity index (χ3v) is 3.47. The Balaban J connectivity index is 3.22. The molecule has 21 heavy (non-hydrogen) atoms. The van der Waals surface area contributed by atoms with Crippen LogP contribution in [0.3, 0.4) is 0 Å². The largest absolute Gasteiger partial charge is 0.466 e. The van der Waals surface area contributed by atoms with Gasteiger partial charge in [-0.2, -0.15) is 0 Å². The molecule has 2 nitrogen and oxygen atoms in total. The number of allylic oxidation sites excluding steroid dienone is 6. The fourth-order valence-corrected chi connectivity index (χ4v) is 2.71. The smallest absolute Gasteiger partial charge is 0.309 e. The fourth-order valence-electron chi connectivity index (χ4n) is 2.71. The predicted molar refractivity (Wildman–Crippen MR) is 89.0 cm³/mol.